The summed E-state index contributed by atoms with van der Waals surface area (Å²) in [6.07, 6.45) is 3.23. The van der Waals surface area contributed by atoms with Crippen LogP contribution in [0.25, 0.3) is 11.2 Å². The van der Waals surface area contributed by atoms with Crippen LogP contribution in [-0.4, -0.2) is 66.5 Å². The highest BCUT2D eigenvalue weighted by Crippen LogP contribution is 2.25. The van der Waals surface area contributed by atoms with Gasteiger partial charge in [0.15, 0.2) is 17.0 Å². The van der Waals surface area contributed by atoms with Gasteiger partial charge in [0.05, 0.1) is 23.0 Å². The minimum absolute atomic E-state index is 0.00643. The summed E-state index contributed by atoms with van der Waals surface area (Å²) in [5, 5.41) is 24.0. The van der Waals surface area contributed by atoms with E-state index in [-0.39, 0.29) is 48.2 Å². The number of aromatic nitrogens is 4. The maximum Gasteiger partial charge on any atom is 0.336 e. The van der Waals surface area contributed by atoms with Crippen molar-refractivity contribution in [2.24, 2.45) is 0 Å². The first-order chi connectivity index (χ1) is 21.1. The van der Waals surface area contributed by atoms with E-state index in [9.17, 15) is 29.4 Å². The second kappa shape index (κ2) is 14.0. The van der Waals surface area contributed by atoms with Crippen LogP contribution in [0.1, 0.15) is 74.4 Å². The van der Waals surface area contributed by atoms with Crippen molar-refractivity contribution in [1.29, 1.82) is 0 Å². The Labute approximate surface area is 251 Å². The smallest absolute Gasteiger partial charge is 0.336 e. The zero-order chi connectivity index (χ0) is 31.8. The van der Waals surface area contributed by atoms with Crippen LogP contribution in [0.2, 0.25) is 0 Å². The van der Waals surface area contributed by atoms with Gasteiger partial charge in [-0.25, -0.2) is 19.6 Å². The number of carbonyl (C=O) groups is 4. The number of nitrogens with zero attached hydrogens (tertiary/aromatic N) is 4. The first-order valence-corrected chi connectivity index (χ1v) is 13.9. The fourth-order valence-electron chi connectivity index (χ4n) is 4.71. The fraction of sp³-hybridized carbons (Fsp3) is 0.267. The van der Waals surface area contributed by atoms with Gasteiger partial charge >= 0.3 is 11.9 Å². The minimum Gasteiger partial charge on any atom is -0.480 e. The topological polar surface area (TPSA) is 236 Å². The van der Waals surface area contributed by atoms with Gasteiger partial charge in [-0.2, -0.15) is 9.97 Å². The standard InChI is InChI=1S/C30H32N8O6/c1-2-16(14-19-15-34-25-23(35-19)24(31)37-30(32)38-25)17-9-11-18(12-10-17)26(39)36-22(29(43)44)8-5-13-33-27(40)20-6-3-4-7-21(20)28(41)42/h3-4,6-7,9-12,15-16,22H,2,5,8,13-14H2,1H3,(H,33,40)(H,36,39)(H,41,42)(H,43,44)(H4,31,32,34,37,38)/t16?,22-/m0/s1. The normalized spacial score (nSPS) is 12.3. The molecule has 0 fully saturated rings. The molecule has 4 rings (SSSR count). The SMILES string of the molecule is CCC(Cc1cnc2nc(N)nc(N)c2n1)c1ccc(C(=O)N[C@@H](CCCNC(=O)c2ccccc2C(=O)O)C(=O)O)cc1. The van der Waals surface area contributed by atoms with Crippen LogP contribution in [0.15, 0.2) is 54.7 Å². The summed E-state index contributed by atoms with van der Waals surface area (Å²) >= 11 is 0. The molecule has 0 saturated heterocycles. The summed E-state index contributed by atoms with van der Waals surface area (Å²) in [5.74, 6) is -3.35. The number of carboxylic acids is 2. The van der Waals surface area contributed by atoms with Gasteiger partial charge in [0.1, 0.15) is 6.04 Å². The van der Waals surface area contributed by atoms with Crippen molar-refractivity contribution in [3.05, 3.63) is 82.7 Å². The second-order valence-corrected chi connectivity index (χ2v) is 10.0. The van der Waals surface area contributed by atoms with Crippen molar-refractivity contribution < 1.29 is 29.4 Å². The molecule has 14 heteroatoms. The van der Waals surface area contributed by atoms with Crippen molar-refractivity contribution >= 4 is 46.7 Å². The van der Waals surface area contributed by atoms with Crippen LogP contribution >= 0.6 is 0 Å². The number of nitrogen functional groups attached to an aromatic ring is 2. The van der Waals surface area contributed by atoms with Crippen LogP contribution in [-0.2, 0) is 11.2 Å². The molecule has 0 aliphatic rings. The molecule has 2 aromatic carbocycles. The van der Waals surface area contributed by atoms with Crippen molar-refractivity contribution in [1.82, 2.24) is 30.6 Å². The van der Waals surface area contributed by atoms with Gasteiger partial charge in [-0.1, -0.05) is 31.2 Å². The molecule has 0 radical (unpaired) electrons. The Hall–Kier alpha value is -5.66. The molecule has 4 aromatic rings. The molecule has 44 heavy (non-hydrogen) atoms. The monoisotopic (exact) mass is 600 g/mol. The molecule has 228 valence electrons. The van der Waals surface area contributed by atoms with E-state index in [1.54, 1.807) is 24.4 Å². The molecule has 0 spiro atoms. The Bertz CT molecular complexity index is 1700. The highest BCUT2D eigenvalue weighted by atomic mass is 16.4. The van der Waals surface area contributed by atoms with E-state index < -0.39 is 29.8 Å². The third-order valence-electron chi connectivity index (χ3n) is 7.05. The van der Waals surface area contributed by atoms with E-state index in [0.29, 0.717) is 28.8 Å². The van der Waals surface area contributed by atoms with Crippen molar-refractivity contribution in [3.8, 4) is 0 Å². The number of fused-ring (bicyclic) bond motifs is 1. The predicted molar refractivity (Wildman–Crippen MR) is 161 cm³/mol. The van der Waals surface area contributed by atoms with Crippen LogP contribution in [0.5, 0.6) is 0 Å². The van der Waals surface area contributed by atoms with Crippen LogP contribution in [0, 0.1) is 0 Å². The first kappa shape index (κ1) is 31.3. The van der Waals surface area contributed by atoms with Gasteiger partial charge in [0, 0.05) is 12.1 Å². The zero-order valence-electron chi connectivity index (χ0n) is 23.9. The quantitative estimate of drug-likeness (QED) is 0.121. The van der Waals surface area contributed by atoms with E-state index in [4.69, 9.17) is 11.5 Å². The lowest BCUT2D eigenvalue weighted by Crippen LogP contribution is -2.41. The molecule has 2 aromatic heterocycles. The third-order valence-corrected chi connectivity index (χ3v) is 7.05. The number of hydrogen-bond acceptors (Lipinski definition) is 10. The largest absolute Gasteiger partial charge is 0.480 e. The molecular formula is C30H32N8O6. The molecule has 8 N–H and O–H groups in total. The summed E-state index contributed by atoms with van der Waals surface area (Å²) in [6, 6.07) is 11.5. The van der Waals surface area contributed by atoms with E-state index in [0.717, 1.165) is 12.0 Å². The lowest BCUT2D eigenvalue weighted by molar-refractivity contribution is -0.139. The van der Waals surface area contributed by atoms with E-state index in [1.165, 1.54) is 18.2 Å². The maximum atomic E-state index is 12.9. The molecule has 0 bridgehead atoms. The van der Waals surface area contributed by atoms with Crippen molar-refractivity contribution in [2.75, 3.05) is 18.0 Å². The van der Waals surface area contributed by atoms with E-state index in [1.807, 2.05) is 19.1 Å². The number of nitrogens with two attached hydrogens (primary N) is 2. The van der Waals surface area contributed by atoms with Gasteiger partial charge in [-0.05, 0) is 61.4 Å². The Morgan fingerprint density at radius 1 is 0.909 bits per heavy atom. The van der Waals surface area contributed by atoms with Gasteiger partial charge in [0.25, 0.3) is 11.8 Å². The Kier molecular flexibility index (Phi) is 9.96. The summed E-state index contributed by atoms with van der Waals surface area (Å²) in [5.41, 5.74) is 14.1. The Balaban J connectivity index is 1.33. The summed E-state index contributed by atoms with van der Waals surface area (Å²) in [4.78, 5) is 65.3. The summed E-state index contributed by atoms with van der Waals surface area (Å²) in [6.45, 7) is 2.12. The average molecular weight is 601 g/mol. The van der Waals surface area contributed by atoms with Crippen LogP contribution < -0.4 is 22.1 Å². The highest BCUT2D eigenvalue weighted by molar-refractivity contribution is 6.04. The molecule has 14 nitrogen and oxygen atoms in total. The van der Waals surface area contributed by atoms with Gasteiger partial charge in [-0.15, -0.1) is 0 Å². The predicted octanol–water partition coefficient (Wildman–Crippen LogP) is 2.41. The van der Waals surface area contributed by atoms with Gasteiger partial charge in [0.2, 0.25) is 5.95 Å². The van der Waals surface area contributed by atoms with Crippen molar-refractivity contribution in [2.45, 2.75) is 44.6 Å². The fourth-order valence-corrected chi connectivity index (χ4v) is 4.71. The second-order valence-electron chi connectivity index (χ2n) is 10.0. The molecule has 1 unspecified atom stereocenters. The number of rotatable bonds is 13. The number of amides is 2. The van der Waals surface area contributed by atoms with Gasteiger partial charge < -0.3 is 32.3 Å². The Morgan fingerprint density at radius 3 is 2.27 bits per heavy atom. The van der Waals surface area contributed by atoms with Crippen LogP contribution in [0.4, 0.5) is 11.8 Å². The molecule has 2 amide bonds. The number of hydrogen-bond donors (Lipinski definition) is 6. The average Bonchev–Trinajstić information content (AvgIpc) is 3.01. The number of aliphatic carboxylic acids is 1. The number of carboxylic acid groups (broad SMARTS) is 2. The summed E-state index contributed by atoms with van der Waals surface area (Å²) in [7, 11) is 0. The molecular weight excluding hydrogens is 568 g/mol. The number of nitrogens with one attached hydrogen (secondary N) is 2. The zero-order valence-corrected chi connectivity index (χ0v) is 23.9. The molecule has 0 saturated carbocycles. The molecule has 0 aliphatic heterocycles. The molecule has 0 aliphatic carbocycles. The van der Waals surface area contributed by atoms with Crippen molar-refractivity contribution in [3.63, 3.8) is 0 Å². The van der Waals surface area contributed by atoms with Crippen LogP contribution in [0.3, 0.4) is 0 Å². The molecule has 2 heterocycles. The number of carbonyl (C=O) groups excluding carboxylic acids is 2. The first-order valence-electron chi connectivity index (χ1n) is 13.9. The maximum absolute atomic E-state index is 12.9. The lowest BCUT2D eigenvalue weighted by Gasteiger charge is -2.17. The number of aromatic carboxylic acids is 1. The minimum atomic E-state index is -1.23. The summed E-state index contributed by atoms with van der Waals surface area (Å²) < 4.78 is 0. The van der Waals surface area contributed by atoms with E-state index >= 15 is 0 Å². The molecule has 2 atom stereocenters. The lowest BCUT2D eigenvalue weighted by atomic mass is 9.91. The van der Waals surface area contributed by atoms with E-state index in [2.05, 4.69) is 30.6 Å². The number of anilines is 2. The highest BCUT2D eigenvalue weighted by Gasteiger charge is 2.22. The Morgan fingerprint density at radius 2 is 1.61 bits per heavy atom. The van der Waals surface area contributed by atoms with Gasteiger partial charge in [-0.3, -0.25) is 9.59 Å². The number of benzene rings is 2. The third kappa shape index (κ3) is 7.59.